The number of benzene rings is 1. The van der Waals surface area contributed by atoms with Crippen molar-refractivity contribution in [2.45, 2.75) is 32.7 Å². The van der Waals surface area contributed by atoms with Gasteiger partial charge in [0.1, 0.15) is 5.75 Å². The van der Waals surface area contributed by atoms with E-state index in [1.54, 1.807) is 7.11 Å². The average molecular weight is 305 g/mol. The maximum absolute atomic E-state index is 12.1. The lowest BCUT2D eigenvalue weighted by Gasteiger charge is -2.33. The highest BCUT2D eigenvalue weighted by Gasteiger charge is 2.20. The molecule has 1 saturated heterocycles. The van der Waals surface area contributed by atoms with Crippen molar-refractivity contribution in [2.24, 2.45) is 5.92 Å². The van der Waals surface area contributed by atoms with Gasteiger partial charge in [0.2, 0.25) is 0 Å². The van der Waals surface area contributed by atoms with Gasteiger partial charge < -0.3 is 20.3 Å². The van der Waals surface area contributed by atoms with Gasteiger partial charge in [-0.25, -0.2) is 4.79 Å². The second kappa shape index (κ2) is 8.03. The van der Waals surface area contributed by atoms with Crippen molar-refractivity contribution in [1.29, 1.82) is 0 Å². The Morgan fingerprint density at radius 3 is 2.73 bits per heavy atom. The number of ether oxygens (including phenoxy) is 1. The second-order valence-electron chi connectivity index (χ2n) is 6.30. The van der Waals surface area contributed by atoms with Crippen molar-refractivity contribution in [2.75, 3.05) is 32.1 Å². The number of likely N-dealkylation sites (tertiary alicyclic amines) is 1. The molecule has 0 unspecified atom stereocenters. The predicted octanol–water partition coefficient (Wildman–Crippen LogP) is 2.94. The van der Waals surface area contributed by atoms with Gasteiger partial charge in [0.25, 0.3) is 0 Å². The number of anilines is 1. The molecule has 122 valence electrons. The molecule has 0 spiro atoms. The Kier molecular flexibility index (Phi) is 6.07. The fourth-order valence-electron chi connectivity index (χ4n) is 2.83. The summed E-state index contributed by atoms with van der Waals surface area (Å²) in [6, 6.07) is 7.49. The number of amides is 2. The summed E-state index contributed by atoms with van der Waals surface area (Å²) in [6.07, 6.45) is 2.02. The van der Waals surface area contributed by atoms with Crippen LogP contribution in [0, 0.1) is 5.92 Å². The van der Waals surface area contributed by atoms with Crippen molar-refractivity contribution >= 4 is 11.7 Å². The number of nitrogens with one attached hydrogen (secondary N) is 2. The summed E-state index contributed by atoms with van der Waals surface area (Å²) in [4.78, 5) is 14.5. The number of urea groups is 1. The molecule has 5 nitrogen and oxygen atoms in total. The van der Waals surface area contributed by atoms with Gasteiger partial charge in [0, 0.05) is 37.4 Å². The van der Waals surface area contributed by atoms with Crippen LogP contribution in [0.15, 0.2) is 24.3 Å². The number of methoxy groups -OCH3 is 1. The Morgan fingerprint density at radius 1 is 1.36 bits per heavy atom. The average Bonchev–Trinajstić information content (AvgIpc) is 2.49. The molecule has 1 fully saturated rings. The van der Waals surface area contributed by atoms with Crippen LogP contribution < -0.4 is 15.4 Å². The molecule has 0 bridgehead atoms. The number of nitrogens with zero attached hydrogens (tertiary/aromatic N) is 1. The molecule has 1 aliphatic heterocycles. The SMILES string of the molecule is COc1cccc(NC(=O)NC2CCN(CC(C)C)CC2)c1. The monoisotopic (exact) mass is 305 g/mol. The summed E-state index contributed by atoms with van der Waals surface area (Å²) in [5.74, 6) is 1.43. The van der Waals surface area contributed by atoms with Gasteiger partial charge in [-0.1, -0.05) is 19.9 Å². The zero-order valence-electron chi connectivity index (χ0n) is 13.8. The quantitative estimate of drug-likeness (QED) is 0.879. The van der Waals surface area contributed by atoms with Gasteiger partial charge in [-0.05, 0) is 30.9 Å². The van der Waals surface area contributed by atoms with Crippen molar-refractivity contribution in [3.05, 3.63) is 24.3 Å². The lowest BCUT2D eigenvalue weighted by molar-refractivity contribution is 0.180. The summed E-state index contributed by atoms with van der Waals surface area (Å²) in [5.41, 5.74) is 0.745. The Morgan fingerprint density at radius 2 is 2.09 bits per heavy atom. The summed E-state index contributed by atoms with van der Waals surface area (Å²) in [5, 5.41) is 5.92. The Labute approximate surface area is 133 Å². The highest BCUT2D eigenvalue weighted by molar-refractivity contribution is 5.89. The minimum absolute atomic E-state index is 0.143. The molecule has 0 saturated carbocycles. The van der Waals surface area contributed by atoms with E-state index in [0.29, 0.717) is 5.92 Å². The van der Waals surface area contributed by atoms with E-state index in [9.17, 15) is 4.79 Å². The molecule has 0 radical (unpaired) electrons. The third-order valence-electron chi connectivity index (χ3n) is 3.87. The third kappa shape index (κ3) is 5.22. The molecular weight excluding hydrogens is 278 g/mol. The van der Waals surface area contributed by atoms with Crippen molar-refractivity contribution in [3.63, 3.8) is 0 Å². The first-order valence-corrected chi connectivity index (χ1v) is 8.00. The first-order valence-electron chi connectivity index (χ1n) is 8.00. The zero-order chi connectivity index (χ0) is 15.9. The van der Waals surface area contributed by atoms with Crippen LogP contribution >= 0.6 is 0 Å². The van der Waals surface area contributed by atoms with Gasteiger partial charge in [0.15, 0.2) is 0 Å². The highest BCUT2D eigenvalue weighted by atomic mass is 16.5. The van der Waals surface area contributed by atoms with Gasteiger partial charge in [-0.15, -0.1) is 0 Å². The van der Waals surface area contributed by atoms with Gasteiger partial charge in [-0.2, -0.15) is 0 Å². The molecule has 5 heteroatoms. The zero-order valence-corrected chi connectivity index (χ0v) is 13.8. The van der Waals surface area contributed by atoms with Crippen LogP contribution in [-0.4, -0.2) is 43.7 Å². The van der Waals surface area contributed by atoms with Crippen LogP contribution in [0.3, 0.4) is 0 Å². The largest absolute Gasteiger partial charge is 0.497 e. The molecule has 2 rings (SSSR count). The topological polar surface area (TPSA) is 53.6 Å². The molecule has 0 aromatic heterocycles. The van der Waals surface area contributed by atoms with Crippen LogP contribution in [0.4, 0.5) is 10.5 Å². The van der Waals surface area contributed by atoms with Crippen LogP contribution in [-0.2, 0) is 0 Å². The first-order chi connectivity index (χ1) is 10.6. The van der Waals surface area contributed by atoms with E-state index in [0.717, 1.165) is 43.9 Å². The minimum Gasteiger partial charge on any atom is -0.497 e. The van der Waals surface area contributed by atoms with Crippen LogP contribution in [0.2, 0.25) is 0 Å². The Hall–Kier alpha value is -1.75. The fourth-order valence-corrected chi connectivity index (χ4v) is 2.83. The molecule has 1 aromatic carbocycles. The summed E-state index contributed by atoms with van der Waals surface area (Å²) in [6.45, 7) is 7.74. The van der Waals surface area contributed by atoms with E-state index in [1.807, 2.05) is 24.3 Å². The third-order valence-corrected chi connectivity index (χ3v) is 3.87. The summed E-state index contributed by atoms with van der Waals surface area (Å²) < 4.78 is 5.15. The number of carbonyl (C=O) groups is 1. The van der Waals surface area contributed by atoms with Crippen LogP contribution in [0.5, 0.6) is 5.75 Å². The number of piperidine rings is 1. The van der Waals surface area contributed by atoms with Crippen LogP contribution in [0.25, 0.3) is 0 Å². The maximum Gasteiger partial charge on any atom is 0.319 e. The predicted molar refractivity (Wildman–Crippen MR) is 89.4 cm³/mol. The number of hydrogen-bond donors (Lipinski definition) is 2. The smallest absolute Gasteiger partial charge is 0.319 e. The Bertz CT molecular complexity index is 483. The summed E-state index contributed by atoms with van der Waals surface area (Å²) >= 11 is 0. The van der Waals surface area contributed by atoms with Gasteiger partial charge >= 0.3 is 6.03 Å². The lowest BCUT2D eigenvalue weighted by Crippen LogP contribution is -2.46. The van der Waals surface area contributed by atoms with Crippen LogP contribution in [0.1, 0.15) is 26.7 Å². The van der Waals surface area contributed by atoms with Gasteiger partial charge in [-0.3, -0.25) is 0 Å². The van der Waals surface area contributed by atoms with E-state index in [1.165, 1.54) is 0 Å². The molecule has 1 aromatic rings. The standard InChI is InChI=1S/C17H27N3O2/c1-13(2)12-20-9-7-14(8-10-20)18-17(21)19-15-5-4-6-16(11-15)22-3/h4-6,11,13-14H,7-10,12H2,1-3H3,(H2,18,19,21). The summed E-state index contributed by atoms with van der Waals surface area (Å²) in [7, 11) is 1.62. The van der Waals surface area contributed by atoms with E-state index in [4.69, 9.17) is 4.74 Å². The second-order valence-corrected chi connectivity index (χ2v) is 6.30. The van der Waals surface area contributed by atoms with Gasteiger partial charge in [0.05, 0.1) is 7.11 Å². The molecule has 2 N–H and O–H groups in total. The first kappa shape index (κ1) is 16.6. The molecule has 1 heterocycles. The van der Waals surface area contributed by atoms with E-state index >= 15 is 0 Å². The molecule has 0 atom stereocenters. The highest BCUT2D eigenvalue weighted by Crippen LogP contribution is 2.17. The normalized spacial score (nSPS) is 16.5. The number of hydrogen-bond acceptors (Lipinski definition) is 3. The molecule has 2 amide bonds. The van der Waals surface area contributed by atoms with Crippen molar-refractivity contribution < 1.29 is 9.53 Å². The molecule has 0 aliphatic carbocycles. The lowest BCUT2D eigenvalue weighted by atomic mass is 10.0. The number of carbonyl (C=O) groups excluding carboxylic acids is 1. The minimum atomic E-state index is -0.143. The molecule has 1 aliphatic rings. The van der Waals surface area contributed by atoms with Crippen molar-refractivity contribution in [3.8, 4) is 5.75 Å². The van der Waals surface area contributed by atoms with Crippen molar-refractivity contribution in [1.82, 2.24) is 10.2 Å². The molecular formula is C17H27N3O2. The fraction of sp³-hybridized carbons (Fsp3) is 0.588. The molecule has 22 heavy (non-hydrogen) atoms. The number of rotatable bonds is 5. The van der Waals surface area contributed by atoms with E-state index in [2.05, 4.69) is 29.4 Å². The Balaban J connectivity index is 1.76. The van der Waals surface area contributed by atoms with E-state index < -0.39 is 0 Å². The maximum atomic E-state index is 12.1. The van der Waals surface area contributed by atoms with E-state index in [-0.39, 0.29) is 12.1 Å².